The summed E-state index contributed by atoms with van der Waals surface area (Å²) in [6, 6.07) is 5.05. The highest BCUT2D eigenvalue weighted by molar-refractivity contribution is 6.34. The molecule has 1 rings (SSSR count). The van der Waals surface area contributed by atoms with Crippen LogP contribution < -0.4 is 0 Å². The molecule has 0 amide bonds. The summed E-state index contributed by atoms with van der Waals surface area (Å²) in [5.41, 5.74) is 0.714. The molecule has 1 atom stereocenters. The highest BCUT2D eigenvalue weighted by atomic mass is 35.5. The molecule has 0 bridgehead atoms. The molecule has 0 heterocycles. The molecule has 0 N–H and O–H groups in total. The van der Waals surface area contributed by atoms with Crippen LogP contribution in [0.15, 0.2) is 18.2 Å². The standard InChI is InChI=1S/C12H14Cl2O2/c1-3-11(15)12(16-4-2)8-5-9(13)7-10(14)6-8/h5-7,12H,3-4H2,1-2H3. The van der Waals surface area contributed by atoms with Gasteiger partial charge in [0.15, 0.2) is 5.78 Å². The van der Waals surface area contributed by atoms with Crippen LogP contribution in [-0.2, 0) is 9.53 Å². The van der Waals surface area contributed by atoms with Gasteiger partial charge in [-0.25, -0.2) is 0 Å². The first-order chi connectivity index (χ1) is 7.58. The third kappa shape index (κ3) is 3.48. The Kier molecular flexibility index (Phi) is 5.26. The first-order valence-corrected chi connectivity index (χ1v) is 5.94. The summed E-state index contributed by atoms with van der Waals surface area (Å²) in [6.45, 7) is 4.13. The van der Waals surface area contributed by atoms with Gasteiger partial charge in [0.05, 0.1) is 0 Å². The number of hydrogen-bond donors (Lipinski definition) is 0. The van der Waals surface area contributed by atoms with E-state index in [0.717, 1.165) is 0 Å². The summed E-state index contributed by atoms with van der Waals surface area (Å²) < 4.78 is 5.42. The highest BCUT2D eigenvalue weighted by Gasteiger charge is 2.19. The van der Waals surface area contributed by atoms with E-state index in [1.807, 2.05) is 6.92 Å². The first kappa shape index (κ1) is 13.5. The highest BCUT2D eigenvalue weighted by Crippen LogP contribution is 2.26. The maximum Gasteiger partial charge on any atom is 0.165 e. The molecule has 2 nitrogen and oxygen atoms in total. The van der Waals surface area contributed by atoms with Crippen LogP contribution in [0.5, 0.6) is 0 Å². The maximum atomic E-state index is 11.7. The molecular formula is C12H14Cl2O2. The fourth-order valence-electron chi connectivity index (χ4n) is 1.45. The molecule has 0 aliphatic heterocycles. The molecule has 4 heteroatoms. The van der Waals surface area contributed by atoms with Crippen LogP contribution in [0.4, 0.5) is 0 Å². The van der Waals surface area contributed by atoms with Gasteiger partial charge in [0.2, 0.25) is 0 Å². The topological polar surface area (TPSA) is 26.3 Å². The number of benzene rings is 1. The molecule has 0 fully saturated rings. The molecule has 1 aromatic carbocycles. The van der Waals surface area contributed by atoms with E-state index >= 15 is 0 Å². The van der Waals surface area contributed by atoms with Crippen LogP contribution in [-0.4, -0.2) is 12.4 Å². The largest absolute Gasteiger partial charge is 0.366 e. The van der Waals surface area contributed by atoms with E-state index in [9.17, 15) is 4.79 Å². The number of carbonyl (C=O) groups excluding carboxylic acids is 1. The summed E-state index contributed by atoms with van der Waals surface area (Å²) >= 11 is 11.8. The van der Waals surface area contributed by atoms with E-state index in [1.165, 1.54) is 0 Å². The molecule has 0 saturated heterocycles. The van der Waals surface area contributed by atoms with E-state index in [1.54, 1.807) is 25.1 Å². The zero-order valence-corrected chi connectivity index (χ0v) is 10.8. The Morgan fingerprint density at radius 3 is 2.25 bits per heavy atom. The molecular weight excluding hydrogens is 247 g/mol. The summed E-state index contributed by atoms with van der Waals surface area (Å²) in [5, 5.41) is 1.02. The van der Waals surface area contributed by atoms with Gasteiger partial charge in [0.25, 0.3) is 0 Å². The molecule has 0 aromatic heterocycles. The van der Waals surface area contributed by atoms with Gasteiger partial charge in [-0.1, -0.05) is 30.1 Å². The smallest absolute Gasteiger partial charge is 0.165 e. The second kappa shape index (κ2) is 6.24. The summed E-state index contributed by atoms with van der Waals surface area (Å²) in [7, 11) is 0. The van der Waals surface area contributed by atoms with E-state index < -0.39 is 6.10 Å². The summed E-state index contributed by atoms with van der Waals surface area (Å²) in [4.78, 5) is 11.7. The van der Waals surface area contributed by atoms with Gasteiger partial charge in [-0.3, -0.25) is 4.79 Å². The van der Waals surface area contributed by atoms with E-state index in [4.69, 9.17) is 27.9 Å². The molecule has 1 unspecified atom stereocenters. The van der Waals surface area contributed by atoms with Crippen molar-refractivity contribution in [2.75, 3.05) is 6.61 Å². The Balaban J connectivity index is 3.04. The SMILES string of the molecule is CCOC(C(=O)CC)c1cc(Cl)cc(Cl)c1. The number of carbonyl (C=O) groups is 1. The average Bonchev–Trinajstić information content (AvgIpc) is 2.23. The minimum atomic E-state index is -0.564. The van der Waals surface area contributed by atoms with Crippen molar-refractivity contribution in [2.45, 2.75) is 26.4 Å². The van der Waals surface area contributed by atoms with Crippen molar-refractivity contribution in [3.8, 4) is 0 Å². The first-order valence-electron chi connectivity index (χ1n) is 5.18. The second-order valence-corrected chi connectivity index (χ2v) is 4.23. The van der Waals surface area contributed by atoms with Gasteiger partial charge >= 0.3 is 0 Å². The van der Waals surface area contributed by atoms with Gasteiger partial charge in [-0.05, 0) is 30.7 Å². The fourth-order valence-corrected chi connectivity index (χ4v) is 2.00. The Bertz CT molecular complexity index is 357. The maximum absolute atomic E-state index is 11.7. The van der Waals surface area contributed by atoms with Crippen LogP contribution in [0.3, 0.4) is 0 Å². The molecule has 16 heavy (non-hydrogen) atoms. The Morgan fingerprint density at radius 2 is 1.81 bits per heavy atom. The van der Waals surface area contributed by atoms with Crippen LogP contribution >= 0.6 is 23.2 Å². The number of halogens is 2. The fraction of sp³-hybridized carbons (Fsp3) is 0.417. The normalized spacial score (nSPS) is 12.5. The molecule has 88 valence electrons. The summed E-state index contributed by atoms with van der Waals surface area (Å²) in [6.07, 6.45) is -0.138. The predicted molar refractivity (Wildman–Crippen MR) is 66.1 cm³/mol. The number of Topliss-reactive ketones (excluding diaryl/α,β-unsaturated/α-hetero) is 1. The predicted octanol–water partition coefficient (Wildman–Crippen LogP) is 4.05. The van der Waals surface area contributed by atoms with Gasteiger partial charge in [-0.2, -0.15) is 0 Å². The van der Waals surface area contributed by atoms with Gasteiger partial charge in [0, 0.05) is 23.1 Å². The molecule has 0 saturated carbocycles. The lowest BCUT2D eigenvalue weighted by Crippen LogP contribution is -2.15. The minimum Gasteiger partial charge on any atom is -0.366 e. The van der Waals surface area contributed by atoms with Crippen LogP contribution in [0.1, 0.15) is 31.9 Å². The van der Waals surface area contributed by atoms with Crippen molar-refractivity contribution in [3.63, 3.8) is 0 Å². The van der Waals surface area contributed by atoms with Crippen molar-refractivity contribution in [1.82, 2.24) is 0 Å². The van der Waals surface area contributed by atoms with Gasteiger partial charge in [-0.15, -0.1) is 0 Å². The number of ketones is 1. The quantitative estimate of drug-likeness (QED) is 0.799. The Labute approximate surface area is 106 Å². The second-order valence-electron chi connectivity index (χ2n) is 3.36. The Hall–Kier alpha value is -0.570. The zero-order valence-electron chi connectivity index (χ0n) is 9.30. The van der Waals surface area contributed by atoms with Crippen LogP contribution in [0, 0.1) is 0 Å². The molecule has 0 spiro atoms. The van der Waals surface area contributed by atoms with Crippen LogP contribution in [0.25, 0.3) is 0 Å². The van der Waals surface area contributed by atoms with E-state index in [-0.39, 0.29) is 5.78 Å². The van der Waals surface area contributed by atoms with Gasteiger partial charge < -0.3 is 4.74 Å². The van der Waals surface area contributed by atoms with Crippen molar-refractivity contribution in [3.05, 3.63) is 33.8 Å². The van der Waals surface area contributed by atoms with E-state index in [2.05, 4.69) is 0 Å². The van der Waals surface area contributed by atoms with Crippen molar-refractivity contribution >= 4 is 29.0 Å². The lowest BCUT2D eigenvalue weighted by Gasteiger charge is -2.16. The van der Waals surface area contributed by atoms with Crippen molar-refractivity contribution in [2.24, 2.45) is 0 Å². The molecule has 0 aliphatic carbocycles. The third-order valence-electron chi connectivity index (χ3n) is 2.16. The number of rotatable bonds is 5. The van der Waals surface area contributed by atoms with Crippen LogP contribution in [0.2, 0.25) is 10.0 Å². The van der Waals surface area contributed by atoms with E-state index in [0.29, 0.717) is 28.6 Å². The van der Waals surface area contributed by atoms with Crippen molar-refractivity contribution in [1.29, 1.82) is 0 Å². The molecule has 1 aromatic rings. The molecule has 0 radical (unpaired) electrons. The van der Waals surface area contributed by atoms with Gasteiger partial charge in [0.1, 0.15) is 6.10 Å². The lowest BCUT2D eigenvalue weighted by atomic mass is 10.0. The number of hydrogen-bond acceptors (Lipinski definition) is 2. The monoisotopic (exact) mass is 260 g/mol. The third-order valence-corrected chi connectivity index (χ3v) is 2.60. The molecule has 0 aliphatic rings. The summed E-state index contributed by atoms with van der Waals surface area (Å²) in [5.74, 6) is 0.0279. The Morgan fingerprint density at radius 1 is 1.25 bits per heavy atom. The number of ether oxygens (including phenoxy) is 1. The average molecular weight is 261 g/mol. The van der Waals surface area contributed by atoms with Crippen molar-refractivity contribution < 1.29 is 9.53 Å². The zero-order chi connectivity index (χ0) is 12.1. The lowest BCUT2D eigenvalue weighted by molar-refractivity contribution is -0.130. The minimum absolute atomic E-state index is 0.0279.